The van der Waals surface area contributed by atoms with Crippen LogP contribution in [-0.2, 0) is 4.79 Å². The summed E-state index contributed by atoms with van der Waals surface area (Å²) >= 11 is 1.40. The molecule has 2 amide bonds. The maximum Gasteiger partial charge on any atom is 0.261 e. The average Bonchev–Trinajstić information content (AvgIpc) is 3.06. The second-order valence-corrected chi connectivity index (χ2v) is 4.80. The Morgan fingerprint density at radius 2 is 2.26 bits per heavy atom. The summed E-state index contributed by atoms with van der Waals surface area (Å²) in [6.07, 6.45) is 2.51. The molecule has 0 aliphatic carbocycles. The number of hydrogen-bond donors (Lipinski definition) is 3. The van der Waals surface area contributed by atoms with Crippen molar-refractivity contribution in [2.24, 2.45) is 0 Å². The molecule has 0 fully saturated rings. The SMILES string of the molecule is O=C(CCCNC(=O)c1cccs1)Nc1ccn[nH]1. The topological polar surface area (TPSA) is 86.9 Å². The van der Waals surface area contributed by atoms with E-state index >= 15 is 0 Å². The first-order valence-electron chi connectivity index (χ1n) is 5.86. The molecule has 6 nitrogen and oxygen atoms in total. The lowest BCUT2D eigenvalue weighted by atomic mass is 10.3. The molecule has 7 heteroatoms. The Morgan fingerprint density at radius 3 is 2.95 bits per heavy atom. The van der Waals surface area contributed by atoms with E-state index in [1.54, 1.807) is 18.3 Å². The maximum absolute atomic E-state index is 11.6. The predicted octanol–water partition coefficient (Wildman–Crippen LogP) is 1.62. The van der Waals surface area contributed by atoms with Crippen molar-refractivity contribution in [1.82, 2.24) is 15.5 Å². The summed E-state index contributed by atoms with van der Waals surface area (Å²) in [5.41, 5.74) is 0. The van der Waals surface area contributed by atoms with Crippen LogP contribution in [0.1, 0.15) is 22.5 Å². The Balaban J connectivity index is 1.61. The van der Waals surface area contributed by atoms with Crippen LogP contribution < -0.4 is 10.6 Å². The van der Waals surface area contributed by atoms with Crippen LogP contribution in [0.4, 0.5) is 5.82 Å². The number of thiophene rings is 1. The van der Waals surface area contributed by atoms with Gasteiger partial charge in [0.25, 0.3) is 5.91 Å². The van der Waals surface area contributed by atoms with Crippen molar-refractivity contribution in [2.75, 3.05) is 11.9 Å². The van der Waals surface area contributed by atoms with Gasteiger partial charge in [-0.3, -0.25) is 14.7 Å². The van der Waals surface area contributed by atoms with Crippen LogP contribution in [0.15, 0.2) is 29.8 Å². The fraction of sp³-hybridized carbons (Fsp3) is 0.250. The zero-order valence-corrected chi connectivity index (χ0v) is 11.0. The van der Waals surface area contributed by atoms with Crippen LogP contribution in [-0.4, -0.2) is 28.6 Å². The molecular formula is C12H14N4O2S. The van der Waals surface area contributed by atoms with Gasteiger partial charge in [-0.1, -0.05) is 6.07 Å². The van der Waals surface area contributed by atoms with Crippen molar-refractivity contribution < 1.29 is 9.59 Å². The first-order valence-corrected chi connectivity index (χ1v) is 6.74. The van der Waals surface area contributed by atoms with E-state index in [-0.39, 0.29) is 11.8 Å². The molecule has 0 saturated heterocycles. The molecule has 3 N–H and O–H groups in total. The van der Waals surface area contributed by atoms with E-state index in [0.717, 1.165) is 0 Å². The molecule has 0 aromatic carbocycles. The van der Waals surface area contributed by atoms with Crippen LogP contribution in [0.5, 0.6) is 0 Å². The Kier molecular flexibility index (Phi) is 4.68. The fourth-order valence-electron chi connectivity index (χ4n) is 1.48. The van der Waals surface area contributed by atoms with Gasteiger partial charge in [0.05, 0.1) is 11.1 Å². The van der Waals surface area contributed by atoms with Gasteiger partial charge in [0.15, 0.2) is 0 Å². The van der Waals surface area contributed by atoms with Crippen molar-refractivity contribution in [3.63, 3.8) is 0 Å². The molecule has 19 heavy (non-hydrogen) atoms. The second-order valence-electron chi connectivity index (χ2n) is 3.86. The first kappa shape index (κ1) is 13.3. The molecule has 0 saturated carbocycles. The minimum atomic E-state index is -0.102. The smallest absolute Gasteiger partial charge is 0.261 e. The highest BCUT2D eigenvalue weighted by atomic mass is 32.1. The van der Waals surface area contributed by atoms with Gasteiger partial charge in [-0.15, -0.1) is 11.3 Å². The number of nitrogens with one attached hydrogen (secondary N) is 3. The number of amides is 2. The minimum Gasteiger partial charge on any atom is -0.351 e. The van der Waals surface area contributed by atoms with Gasteiger partial charge < -0.3 is 10.6 Å². The molecule has 2 aromatic heterocycles. The van der Waals surface area contributed by atoms with Gasteiger partial charge in [0.1, 0.15) is 5.82 Å². The number of aromatic amines is 1. The summed E-state index contributed by atoms with van der Waals surface area (Å²) < 4.78 is 0. The third kappa shape index (κ3) is 4.22. The molecule has 0 bridgehead atoms. The quantitative estimate of drug-likeness (QED) is 0.702. The lowest BCUT2D eigenvalue weighted by molar-refractivity contribution is -0.116. The Hall–Kier alpha value is -2.15. The Bertz CT molecular complexity index is 522. The highest BCUT2D eigenvalue weighted by Gasteiger charge is 2.06. The number of H-pyrrole nitrogens is 1. The van der Waals surface area contributed by atoms with Crippen molar-refractivity contribution in [2.45, 2.75) is 12.8 Å². The Labute approximate surface area is 114 Å². The minimum absolute atomic E-state index is 0.0935. The normalized spacial score (nSPS) is 10.1. The number of aromatic nitrogens is 2. The summed E-state index contributed by atoms with van der Waals surface area (Å²) in [7, 11) is 0. The van der Waals surface area contributed by atoms with Crippen molar-refractivity contribution >= 4 is 29.0 Å². The van der Waals surface area contributed by atoms with Gasteiger partial charge in [-0.05, 0) is 17.9 Å². The first-order chi connectivity index (χ1) is 9.25. The lowest BCUT2D eigenvalue weighted by Gasteiger charge is -2.04. The highest BCUT2D eigenvalue weighted by molar-refractivity contribution is 7.12. The van der Waals surface area contributed by atoms with Gasteiger partial charge in [0.2, 0.25) is 5.91 Å². The number of carbonyl (C=O) groups excluding carboxylic acids is 2. The molecule has 2 rings (SSSR count). The van der Waals surface area contributed by atoms with Crippen molar-refractivity contribution in [1.29, 1.82) is 0 Å². The summed E-state index contributed by atoms with van der Waals surface area (Å²) in [5.74, 6) is 0.381. The molecular weight excluding hydrogens is 264 g/mol. The number of hydrogen-bond acceptors (Lipinski definition) is 4. The third-order valence-corrected chi connectivity index (χ3v) is 3.25. The third-order valence-electron chi connectivity index (χ3n) is 2.39. The fourth-order valence-corrected chi connectivity index (χ4v) is 2.12. The molecule has 0 radical (unpaired) electrons. The molecule has 0 spiro atoms. The lowest BCUT2D eigenvalue weighted by Crippen LogP contribution is -2.24. The van der Waals surface area contributed by atoms with Crippen LogP contribution >= 0.6 is 11.3 Å². The summed E-state index contributed by atoms with van der Waals surface area (Å²) in [4.78, 5) is 23.8. The molecule has 2 aromatic rings. The maximum atomic E-state index is 11.6. The van der Waals surface area contributed by atoms with E-state index < -0.39 is 0 Å². The summed E-state index contributed by atoms with van der Waals surface area (Å²) in [5, 5.41) is 13.7. The van der Waals surface area contributed by atoms with Gasteiger partial charge in [-0.25, -0.2) is 0 Å². The second kappa shape index (κ2) is 6.69. The number of carbonyl (C=O) groups is 2. The van der Waals surface area contributed by atoms with E-state index in [4.69, 9.17) is 0 Å². The average molecular weight is 278 g/mol. The van der Waals surface area contributed by atoms with E-state index in [9.17, 15) is 9.59 Å². The van der Waals surface area contributed by atoms with Crippen molar-refractivity contribution in [3.05, 3.63) is 34.7 Å². The van der Waals surface area contributed by atoms with Crippen LogP contribution in [0.3, 0.4) is 0 Å². The van der Waals surface area contributed by atoms with Crippen LogP contribution in [0.25, 0.3) is 0 Å². The number of anilines is 1. The monoisotopic (exact) mass is 278 g/mol. The zero-order chi connectivity index (χ0) is 13.5. The van der Waals surface area contributed by atoms with E-state index in [1.165, 1.54) is 11.3 Å². The molecule has 0 atom stereocenters. The standard InChI is InChI=1S/C12H14N4O2S/c17-11(15-10-5-7-14-16-10)4-1-6-13-12(18)9-3-2-8-19-9/h2-3,5,7-8H,1,4,6H2,(H,13,18)(H2,14,15,16,17). The zero-order valence-electron chi connectivity index (χ0n) is 10.2. The van der Waals surface area contributed by atoms with E-state index in [2.05, 4.69) is 20.8 Å². The van der Waals surface area contributed by atoms with Gasteiger partial charge in [-0.2, -0.15) is 5.10 Å². The molecule has 0 unspecified atom stereocenters. The molecule has 100 valence electrons. The van der Waals surface area contributed by atoms with Crippen LogP contribution in [0.2, 0.25) is 0 Å². The highest BCUT2D eigenvalue weighted by Crippen LogP contribution is 2.07. The van der Waals surface area contributed by atoms with E-state index in [0.29, 0.717) is 30.1 Å². The van der Waals surface area contributed by atoms with Crippen LogP contribution in [0, 0.1) is 0 Å². The molecule has 2 heterocycles. The summed E-state index contributed by atoms with van der Waals surface area (Å²) in [6.45, 7) is 0.479. The largest absolute Gasteiger partial charge is 0.351 e. The Morgan fingerprint density at radius 1 is 1.37 bits per heavy atom. The van der Waals surface area contributed by atoms with E-state index in [1.807, 2.05) is 11.4 Å². The summed E-state index contributed by atoms with van der Waals surface area (Å²) in [6, 6.07) is 5.28. The van der Waals surface area contributed by atoms with Crippen molar-refractivity contribution in [3.8, 4) is 0 Å². The molecule has 0 aliphatic heterocycles. The number of rotatable bonds is 6. The predicted molar refractivity (Wildman–Crippen MR) is 73.1 cm³/mol. The number of nitrogens with zero attached hydrogens (tertiary/aromatic N) is 1. The van der Waals surface area contributed by atoms with Gasteiger partial charge >= 0.3 is 0 Å². The molecule has 0 aliphatic rings. The van der Waals surface area contributed by atoms with Gasteiger partial charge in [0, 0.05) is 19.0 Å².